The van der Waals surface area contributed by atoms with Crippen molar-refractivity contribution >= 4 is 23.1 Å². The van der Waals surface area contributed by atoms with Gasteiger partial charge in [-0.2, -0.15) is 0 Å². The summed E-state index contributed by atoms with van der Waals surface area (Å²) >= 11 is 0. The number of hydrogen-bond donors (Lipinski definition) is 0. The molecule has 4 rings (SSSR count). The van der Waals surface area contributed by atoms with Crippen molar-refractivity contribution in [2.45, 2.75) is 6.92 Å². The zero-order valence-corrected chi connectivity index (χ0v) is 15.1. The van der Waals surface area contributed by atoms with E-state index in [-0.39, 0.29) is 11.4 Å². The molecule has 0 fully saturated rings. The second kappa shape index (κ2) is 7.19. The number of nitrogens with zero attached hydrogens (tertiary/aromatic N) is 2. The minimum Gasteiger partial charge on any atom is -0.268 e. The summed E-state index contributed by atoms with van der Waals surface area (Å²) in [7, 11) is 0. The Morgan fingerprint density at radius 2 is 1.68 bits per heavy atom. The van der Waals surface area contributed by atoms with Crippen LogP contribution >= 0.6 is 0 Å². The van der Waals surface area contributed by atoms with Gasteiger partial charge in [-0.1, -0.05) is 36.4 Å². The Morgan fingerprint density at radius 3 is 2.50 bits per heavy atom. The molecular weight excluding hydrogens is 358 g/mol. The van der Waals surface area contributed by atoms with Crippen LogP contribution in [0.1, 0.15) is 17.0 Å². The topological polar surface area (TPSA) is 34.9 Å². The molecule has 0 atom stereocenters. The van der Waals surface area contributed by atoms with Gasteiger partial charge in [0.1, 0.15) is 17.5 Å². The maximum absolute atomic E-state index is 14.0. The minimum absolute atomic E-state index is 0.292. The van der Waals surface area contributed by atoms with E-state index in [0.29, 0.717) is 28.0 Å². The Hall–Kier alpha value is -3.60. The van der Waals surface area contributed by atoms with Crippen molar-refractivity contribution in [1.82, 2.24) is 9.55 Å². The summed E-state index contributed by atoms with van der Waals surface area (Å²) in [6, 6.07) is 17.5. The van der Waals surface area contributed by atoms with Crippen LogP contribution in [0.4, 0.5) is 8.78 Å². The molecule has 0 unspecified atom stereocenters. The number of aryl methyl sites for hydroxylation is 1. The van der Waals surface area contributed by atoms with E-state index in [1.807, 2.05) is 0 Å². The Kier molecular flexibility index (Phi) is 4.57. The maximum atomic E-state index is 14.0. The van der Waals surface area contributed by atoms with E-state index in [0.717, 1.165) is 5.56 Å². The fourth-order valence-electron chi connectivity index (χ4n) is 3.09. The summed E-state index contributed by atoms with van der Waals surface area (Å²) in [5.74, 6) is -0.541. The smallest absolute Gasteiger partial charge is 0.266 e. The summed E-state index contributed by atoms with van der Waals surface area (Å²) in [6.45, 7) is 1.79. The molecule has 5 heteroatoms. The molecule has 0 spiro atoms. The lowest BCUT2D eigenvalue weighted by Gasteiger charge is -2.14. The molecule has 0 radical (unpaired) electrons. The summed E-state index contributed by atoms with van der Waals surface area (Å²) in [6.07, 6.45) is 3.12. The predicted octanol–water partition coefficient (Wildman–Crippen LogP) is 5.14. The molecule has 0 aliphatic heterocycles. The Labute approximate surface area is 160 Å². The summed E-state index contributed by atoms with van der Waals surface area (Å²) in [4.78, 5) is 17.7. The molecule has 138 valence electrons. The lowest BCUT2D eigenvalue weighted by molar-refractivity contribution is 0.625. The molecule has 0 aliphatic rings. The quantitative estimate of drug-likeness (QED) is 0.497. The Bertz CT molecular complexity index is 1280. The number of hydrogen-bond acceptors (Lipinski definition) is 2. The van der Waals surface area contributed by atoms with Crippen molar-refractivity contribution in [2.24, 2.45) is 0 Å². The van der Waals surface area contributed by atoms with E-state index in [1.54, 1.807) is 67.6 Å². The highest BCUT2D eigenvalue weighted by Crippen LogP contribution is 2.19. The number of halogens is 2. The van der Waals surface area contributed by atoms with Crippen LogP contribution in [0, 0.1) is 18.6 Å². The molecule has 1 heterocycles. The first-order valence-electron chi connectivity index (χ1n) is 8.75. The first kappa shape index (κ1) is 17.8. The molecule has 28 heavy (non-hydrogen) atoms. The van der Waals surface area contributed by atoms with Gasteiger partial charge in [0.05, 0.1) is 16.6 Å². The molecule has 0 saturated heterocycles. The molecule has 0 bridgehead atoms. The van der Waals surface area contributed by atoms with Gasteiger partial charge in [0.15, 0.2) is 0 Å². The molecule has 0 N–H and O–H groups in total. The van der Waals surface area contributed by atoms with Crippen LogP contribution in [-0.2, 0) is 0 Å². The van der Waals surface area contributed by atoms with Gasteiger partial charge in [0.25, 0.3) is 5.56 Å². The van der Waals surface area contributed by atoms with Crippen molar-refractivity contribution in [3.05, 3.63) is 106 Å². The predicted molar refractivity (Wildman–Crippen MR) is 107 cm³/mol. The number of fused-ring (bicyclic) bond motifs is 1. The van der Waals surface area contributed by atoms with E-state index < -0.39 is 5.82 Å². The number of aromatic nitrogens is 2. The van der Waals surface area contributed by atoms with Crippen molar-refractivity contribution < 1.29 is 8.78 Å². The molecule has 4 aromatic rings. The average molecular weight is 374 g/mol. The molecule has 3 nitrogen and oxygen atoms in total. The first-order valence-corrected chi connectivity index (χ1v) is 8.75. The largest absolute Gasteiger partial charge is 0.268 e. The van der Waals surface area contributed by atoms with Gasteiger partial charge >= 0.3 is 0 Å². The van der Waals surface area contributed by atoms with Gasteiger partial charge in [0.2, 0.25) is 0 Å². The third-order valence-electron chi connectivity index (χ3n) is 4.53. The summed E-state index contributed by atoms with van der Waals surface area (Å²) < 4.78 is 29.2. The van der Waals surface area contributed by atoms with Gasteiger partial charge in [-0.3, -0.25) is 9.36 Å². The van der Waals surface area contributed by atoms with Crippen LogP contribution in [0.15, 0.2) is 71.5 Å². The van der Waals surface area contributed by atoms with Gasteiger partial charge < -0.3 is 0 Å². The van der Waals surface area contributed by atoms with Crippen LogP contribution in [0.5, 0.6) is 0 Å². The Morgan fingerprint density at radius 1 is 0.929 bits per heavy atom. The minimum atomic E-state index is -0.454. The van der Waals surface area contributed by atoms with Gasteiger partial charge in [-0.25, -0.2) is 13.8 Å². The summed E-state index contributed by atoms with van der Waals surface area (Å²) in [5, 5.41) is 0.425. The lowest BCUT2D eigenvalue weighted by Crippen LogP contribution is -2.23. The van der Waals surface area contributed by atoms with E-state index in [4.69, 9.17) is 0 Å². The van der Waals surface area contributed by atoms with Crippen molar-refractivity contribution in [3.63, 3.8) is 0 Å². The zero-order chi connectivity index (χ0) is 19.7. The second-order valence-corrected chi connectivity index (χ2v) is 6.41. The van der Waals surface area contributed by atoms with E-state index in [1.165, 1.54) is 22.8 Å². The van der Waals surface area contributed by atoms with Crippen LogP contribution in [0.2, 0.25) is 0 Å². The van der Waals surface area contributed by atoms with Gasteiger partial charge in [0, 0.05) is 5.56 Å². The second-order valence-electron chi connectivity index (χ2n) is 6.41. The highest BCUT2D eigenvalue weighted by atomic mass is 19.1. The third-order valence-corrected chi connectivity index (χ3v) is 4.53. The number of para-hydroxylation sites is 1. The Balaban J connectivity index is 2.00. The van der Waals surface area contributed by atoms with Crippen LogP contribution < -0.4 is 5.56 Å². The van der Waals surface area contributed by atoms with Crippen molar-refractivity contribution in [3.8, 4) is 5.69 Å². The molecule has 0 aliphatic carbocycles. The molecule has 0 amide bonds. The average Bonchev–Trinajstić information content (AvgIpc) is 2.70. The van der Waals surface area contributed by atoms with E-state index in [2.05, 4.69) is 4.98 Å². The van der Waals surface area contributed by atoms with Gasteiger partial charge in [-0.15, -0.1) is 0 Å². The van der Waals surface area contributed by atoms with E-state index in [9.17, 15) is 13.6 Å². The third kappa shape index (κ3) is 3.22. The van der Waals surface area contributed by atoms with Crippen LogP contribution in [-0.4, -0.2) is 9.55 Å². The van der Waals surface area contributed by atoms with E-state index >= 15 is 0 Å². The molecule has 3 aromatic carbocycles. The van der Waals surface area contributed by atoms with Gasteiger partial charge in [-0.05, 0) is 55.0 Å². The maximum Gasteiger partial charge on any atom is 0.266 e. The monoisotopic (exact) mass is 374 g/mol. The van der Waals surface area contributed by atoms with Crippen molar-refractivity contribution in [1.29, 1.82) is 0 Å². The SMILES string of the molecule is Cc1ccc(F)cc1-n1c(C=Cc2ccccc2F)nc2ccccc2c1=O. The number of benzene rings is 3. The highest BCUT2D eigenvalue weighted by molar-refractivity contribution is 5.80. The lowest BCUT2D eigenvalue weighted by atomic mass is 10.1. The standard InChI is InChI=1S/C23H16F2N2O/c1-15-10-12-17(24)14-21(15)27-22(13-11-16-6-2-4-8-19(16)25)26-20-9-5-3-7-18(20)23(27)28/h2-14H,1H3. The fraction of sp³-hybridized carbons (Fsp3) is 0.0435. The molecule has 0 saturated carbocycles. The summed E-state index contributed by atoms with van der Waals surface area (Å²) in [5.41, 5.74) is 1.70. The first-order chi connectivity index (χ1) is 13.5. The van der Waals surface area contributed by atoms with Crippen molar-refractivity contribution in [2.75, 3.05) is 0 Å². The molecule has 1 aromatic heterocycles. The van der Waals surface area contributed by atoms with Crippen LogP contribution in [0.25, 0.3) is 28.7 Å². The fourth-order valence-corrected chi connectivity index (χ4v) is 3.09. The molecular formula is C23H16F2N2O. The highest BCUT2D eigenvalue weighted by Gasteiger charge is 2.13. The van der Waals surface area contributed by atoms with Crippen LogP contribution in [0.3, 0.4) is 0 Å². The normalized spacial score (nSPS) is 11.4. The zero-order valence-electron chi connectivity index (χ0n) is 15.1. The number of rotatable bonds is 3.